The molecule has 0 bridgehead atoms. The monoisotopic (exact) mass is 333 g/mol. The van der Waals surface area contributed by atoms with E-state index in [1.807, 2.05) is 0 Å². The van der Waals surface area contributed by atoms with Crippen LogP contribution in [0, 0.1) is 17.5 Å². The Balaban J connectivity index is 2.18. The van der Waals surface area contributed by atoms with Crippen molar-refractivity contribution in [1.29, 1.82) is 0 Å². The molecule has 0 atom stereocenters. The van der Waals surface area contributed by atoms with Crippen LogP contribution in [0.25, 0.3) is 0 Å². The second-order valence-corrected chi connectivity index (χ2v) is 4.96. The minimum Gasteiger partial charge on any atom is -0.323 e. The number of carbonyl (C=O) groups is 1. The molecule has 0 radical (unpaired) electrons. The van der Waals surface area contributed by atoms with E-state index in [9.17, 15) is 18.0 Å². The van der Waals surface area contributed by atoms with Crippen LogP contribution in [0.2, 0.25) is 10.0 Å². The Morgan fingerprint density at radius 3 is 2.24 bits per heavy atom. The molecular weight excluding hydrogens is 326 g/mol. The summed E-state index contributed by atoms with van der Waals surface area (Å²) < 4.78 is 39.3. The molecule has 7 heteroatoms. The van der Waals surface area contributed by atoms with E-state index in [2.05, 4.69) is 5.32 Å². The maximum atomic E-state index is 13.4. The molecule has 1 amide bonds. The van der Waals surface area contributed by atoms with Crippen molar-refractivity contribution in [1.82, 2.24) is 0 Å². The van der Waals surface area contributed by atoms with Crippen molar-refractivity contribution in [2.75, 3.05) is 5.32 Å². The molecule has 0 saturated heterocycles. The molecule has 0 unspecified atom stereocenters. The van der Waals surface area contributed by atoms with Crippen LogP contribution in [0.1, 0.15) is 5.56 Å². The van der Waals surface area contributed by atoms with Gasteiger partial charge in [-0.1, -0.05) is 29.3 Å². The molecule has 0 saturated carbocycles. The van der Waals surface area contributed by atoms with E-state index in [4.69, 9.17) is 23.2 Å². The fourth-order valence-corrected chi connectivity index (χ4v) is 2.21. The summed E-state index contributed by atoms with van der Waals surface area (Å²) in [6, 6.07) is 6.36. The first-order valence-corrected chi connectivity index (χ1v) is 6.52. The lowest BCUT2D eigenvalue weighted by molar-refractivity contribution is -0.115. The van der Waals surface area contributed by atoms with E-state index in [1.165, 1.54) is 0 Å². The number of nitrogens with one attached hydrogen (secondary N) is 1. The molecule has 1 N–H and O–H groups in total. The SMILES string of the molecule is O=C(Cc1c(Cl)cccc1Cl)Nc1ccc(F)c(F)c1F. The van der Waals surface area contributed by atoms with Crippen LogP contribution in [0.5, 0.6) is 0 Å². The minimum absolute atomic E-state index is 0.225. The molecule has 2 aromatic rings. The minimum atomic E-state index is -1.65. The van der Waals surface area contributed by atoms with Gasteiger partial charge in [0.05, 0.1) is 12.1 Å². The number of rotatable bonds is 3. The number of amides is 1. The van der Waals surface area contributed by atoms with Crippen LogP contribution in [-0.4, -0.2) is 5.91 Å². The maximum Gasteiger partial charge on any atom is 0.228 e. The lowest BCUT2D eigenvalue weighted by Crippen LogP contribution is -2.16. The van der Waals surface area contributed by atoms with Crippen LogP contribution < -0.4 is 5.32 Å². The Morgan fingerprint density at radius 1 is 1.00 bits per heavy atom. The van der Waals surface area contributed by atoms with Gasteiger partial charge in [-0.2, -0.15) is 0 Å². The lowest BCUT2D eigenvalue weighted by atomic mass is 10.1. The molecule has 0 aliphatic carbocycles. The third-order valence-corrected chi connectivity index (χ3v) is 3.42. The molecule has 0 spiro atoms. The first-order valence-electron chi connectivity index (χ1n) is 5.76. The predicted molar refractivity (Wildman–Crippen MR) is 75.1 cm³/mol. The van der Waals surface area contributed by atoms with Gasteiger partial charge in [-0.15, -0.1) is 0 Å². The fraction of sp³-hybridized carbons (Fsp3) is 0.0714. The molecule has 2 aromatic carbocycles. The molecule has 0 aliphatic rings. The van der Waals surface area contributed by atoms with Gasteiger partial charge in [-0.3, -0.25) is 4.79 Å². The smallest absolute Gasteiger partial charge is 0.228 e. The molecule has 2 rings (SSSR count). The van der Waals surface area contributed by atoms with Crippen molar-refractivity contribution in [3.8, 4) is 0 Å². The summed E-state index contributed by atoms with van der Waals surface area (Å²) in [6.07, 6.45) is -0.225. The number of anilines is 1. The number of halogens is 5. The van der Waals surface area contributed by atoms with Crippen LogP contribution in [0.4, 0.5) is 18.9 Å². The zero-order valence-corrected chi connectivity index (χ0v) is 11.9. The zero-order valence-electron chi connectivity index (χ0n) is 10.4. The Bertz CT molecular complexity index is 687. The summed E-state index contributed by atoms with van der Waals surface area (Å²) >= 11 is 11.8. The largest absolute Gasteiger partial charge is 0.323 e. The summed E-state index contributed by atoms with van der Waals surface area (Å²) in [7, 11) is 0. The first-order chi connectivity index (χ1) is 9.90. The standard InChI is InChI=1S/C14H8Cl2F3NO/c15-8-2-1-3-9(16)7(8)6-12(21)20-11-5-4-10(17)13(18)14(11)19/h1-5H,6H2,(H,20,21). The highest BCUT2D eigenvalue weighted by Crippen LogP contribution is 2.25. The number of benzene rings is 2. The summed E-state index contributed by atoms with van der Waals surface area (Å²) in [5.74, 6) is -5.10. The van der Waals surface area contributed by atoms with Crippen LogP contribution in [0.3, 0.4) is 0 Å². The summed E-state index contributed by atoms with van der Waals surface area (Å²) in [4.78, 5) is 11.8. The molecular formula is C14H8Cl2F3NO. The van der Waals surface area contributed by atoms with Crippen molar-refractivity contribution < 1.29 is 18.0 Å². The average molecular weight is 334 g/mol. The van der Waals surface area contributed by atoms with Crippen molar-refractivity contribution in [2.45, 2.75) is 6.42 Å². The summed E-state index contributed by atoms with van der Waals surface area (Å²) in [6.45, 7) is 0. The second kappa shape index (κ2) is 6.37. The number of hydrogen-bond acceptors (Lipinski definition) is 1. The Morgan fingerprint density at radius 2 is 1.62 bits per heavy atom. The first kappa shape index (κ1) is 15.7. The zero-order chi connectivity index (χ0) is 15.6. The second-order valence-electron chi connectivity index (χ2n) is 4.15. The van der Waals surface area contributed by atoms with Gasteiger partial charge >= 0.3 is 0 Å². The van der Waals surface area contributed by atoms with Crippen molar-refractivity contribution in [3.05, 3.63) is 63.4 Å². The highest BCUT2D eigenvalue weighted by atomic mass is 35.5. The van der Waals surface area contributed by atoms with Gasteiger partial charge in [-0.25, -0.2) is 13.2 Å². The molecule has 110 valence electrons. The van der Waals surface area contributed by atoms with Crippen molar-refractivity contribution >= 4 is 34.8 Å². The molecule has 0 aliphatic heterocycles. The van der Waals surface area contributed by atoms with Gasteiger partial charge in [0.2, 0.25) is 5.91 Å². The Labute approximate surface area is 128 Å². The molecule has 0 fully saturated rings. The van der Waals surface area contributed by atoms with Gasteiger partial charge in [0.25, 0.3) is 0 Å². The predicted octanol–water partition coefficient (Wildman–Crippen LogP) is 4.59. The third kappa shape index (κ3) is 3.49. The number of carbonyl (C=O) groups excluding carboxylic acids is 1. The van der Waals surface area contributed by atoms with Crippen molar-refractivity contribution in [3.63, 3.8) is 0 Å². The lowest BCUT2D eigenvalue weighted by Gasteiger charge is -2.09. The molecule has 0 heterocycles. The molecule has 2 nitrogen and oxygen atoms in total. The van der Waals surface area contributed by atoms with Crippen molar-refractivity contribution in [2.24, 2.45) is 0 Å². The van der Waals surface area contributed by atoms with Gasteiger partial charge in [0, 0.05) is 10.0 Å². The Kier molecular flexibility index (Phi) is 4.75. The van der Waals surface area contributed by atoms with E-state index in [1.54, 1.807) is 18.2 Å². The highest BCUT2D eigenvalue weighted by molar-refractivity contribution is 6.36. The maximum absolute atomic E-state index is 13.4. The number of hydrogen-bond donors (Lipinski definition) is 1. The molecule has 0 aromatic heterocycles. The Hall–Kier alpha value is -1.72. The third-order valence-electron chi connectivity index (χ3n) is 2.71. The highest BCUT2D eigenvalue weighted by Gasteiger charge is 2.16. The average Bonchev–Trinajstić information content (AvgIpc) is 2.44. The van der Waals surface area contributed by atoms with Gasteiger partial charge in [-0.05, 0) is 29.8 Å². The molecule has 21 heavy (non-hydrogen) atoms. The van der Waals surface area contributed by atoms with E-state index in [0.717, 1.165) is 12.1 Å². The van der Waals surface area contributed by atoms with E-state index >= 15 is 0 Å². The van der Waals surface area contributed by atoms with Gasteiger partial charge in [0.1, 0.15) is 0 Å². The van der Waals surface area contributed by atoms with Crippen LogP contribution >= 0.6 is 23.2 Å². The van der Waals surface area contributed by atoms with E-state index in [0.29, 0.717) is 5.56 Å². The van der Waals surface area contributed by atoms with E-state index < -0.39 is 29.0 Å². The quantitative estimate of drug-likeness (QED) is 0.817. The van der Waals surface area contributed by atoms with Crippen LogP contribution in [-0.2, 0) is 11.2 Å². The van der Waals surface area contributed by atoms with Gasteiger partial charge in [0.15, 0.2) is 17.5 Å². The van der Waals surface area contributed by atoms with Crippen LogP contribution in [0.15, 0.2) is 30.3 Å². The summed E-state index contributed by atoms with van der Waals surface area (Å²) in [5.41, 5.74) is -0.0941. The normalized spacial score (nSPS) is 10.5. The summed E-state index contributed by atoms with van der Waals surface area (Å²) in [5, 5.41) is 2.71. The van der Waals surface area contributed by atoms with Gasteiger partial charge < -0.3 is 5.32 Å². The van der Waals surface area contributed by atoms with E-state index in [-0.39, 0.29) is 16.5 Å². The topological polar surface area (TPSA) is 29.1 Å². The fourth-order valence-electron chi connectivity index (χ4n) is 1.68.